The van der Waals surface area contributed by atoms with E-state index in [1.165, 1.54) is 225 Å². The summed E-state index contributed by atoms with van der Waals surface area (Å²) in [7, 11) is 0. The van der Waals surface area contributed by atoms with E-state index in [1.54, 1.807) is 6.08 Å². The Kier molecular flexibility index (Phi) is 70.2. The number of ether oxygens (including phenoxy) is 2. The van der Waals surface area contributed by atoms with Crippen molar-refractivity contribution in [2.24, 2.45) is 0 Å². The number of hydrogen-bond donors (Lipinski definition) is 6. The molecule has 7 atom stereocenters. The van der Waals surface area contributed by atoms with Crippen molar-refractivity contribution in [1.82, 2.24) is 5.32 Å². The number of nitrogens with one attached hydrogen (secondary N) is 1. The van der Waals surface area contributed by atoms with Crippen LogP contribution in [-0.2, 0) is 14.3 Å². The van der Waals surface area contributed by atoms with Crippen LogP contribution in [0.2, 0.25) is 0 Å². The first-order valence-electron chi connectivity index (χ1n) is 40.6. The SMILES string of the molecule is CC/C=C\C/C=C\C/C=C\C/C=C\C/C=C\C/C=C\C/C=C\C/C=C\C/C=C\CCCCCCCCCCCCCCCC(=O)NC(COC1OC(CO)C(O)C(O)C1O)C(O)/C=C/CC/C=C/CC/C=C/CCCCCCCCCCCCCCCCCCCCCCCCC. The van der Waals surface area contributed by atoms with Crippen molar-refractivity contribution in [3.8, 4) is 0 Å². The zero-order chi connectivity index (χ0) is 69.9. The van der Waals surface area contributed by atoms with Gasteiger partial charge in [0.25, 0.3) is 0 Å². The van der Waals surface area contributed by atoms with Gasteiger partial charge in [0.05, 0.1) is 25.4 Å². The Morgan fingerprint density at radius 2 is 0.649 bits per heavy atom. The minimum Gasteiger partial charge on any atom is -0.394 e. The van der Waals surface area contributed by atoms with Crippen molar-refractivity contribution >= 4 is 5.91 Å². The van der Waals surface area contributed by atoms with Gasteiger partial charge in [0.1, 0.15) is 24.4 Å². The van der Waals surface area contributed by atoms with Crippen LogP contribution in [0.25, 0.3) is 0 Å². The average Bonchev–Trinajstić information content (AvgIpc) is 0.854. The number of amides is 1. The number of unbranched alkanes of at least 4 members (excludes halogenated alkanes) is 38. The first kappa shape index (κ1) is 91.1. The van der Waals surface area contributed by atoms with Crippen LogP contribution in [0.1, 0.15) is 348 Å². The van der Waals surface area contributed by atoms with E-state index in [2.05, 4.69) is 153 Å². The molecule has 0 bridgehead atoms. The molecule has 1 rings (SSSR count). The van der Waals surface area contributed by atoms with Gasteiger partial charge < -0.3 is 40.3 Å². The van der Waals surface area contributed by atoms with Crippen LogP contribution in [0.15, 0.2) is 146 Å². The fourth-order valence-electron chi connectivity index (χ4n) is 12.1. The first-order valence-corrected chi connectivity index (χ1v) is 40.6. The van der Waals surface area contributed by atoms with E-state index in [1.807, 2.05) is 6.08 Å². The van der Waals surface area contributed by atoms with E-state index in [9.17, 15) is 30.3 Å². The van der Waals surface area contributed by atoms with Gasteiger partial charge in [-0.25, -0.2) is 0 Å². The molecule has 6 N–H and O–H groups in total. The molecule has 0 radical (unpaired) electrons. The van der Waals surface area contributed by atoms with Crippen LogP contribution >= 0.6 is 0 Å². The Labute approximate surface area is 597 Å². The second-order valence-electron chi connectivity index (χ2n) is 27.5. The van der Waals surface area contributed by atoms with Crippen LogP contribution in [0.5, 0.6) is 0 Å². The molecule has 1 aliphatic heterocycles. The van der Waals surface area contributed by atoms with E-state index >= 15 is 0 Å². The summed E-state index contributed by atoms with van der Waals surface area (Å²) in [6.07, 6.45) is 108. The topological polar surface area (TPSA) is 149 Å². The van der Waals surface area contributed by atoms with Gasteiger partial charge in [-0.2, -0.15) is 0 Å². The van der Waals surface area contributed by atoms with Crippen molar-refractivity contribution in [2.45, 2.75) is 391 Å². The molecule has 9 nitrogen and oxygen atoms in total. The highest BCUT2D eigenvalue weighted by atomic mass is 16.7. The third kappa shape index (κ3) is 62.8. The van der Waals surface area contributed by atoms with Crippen LogP contribution in [0.3, 0.4) is 0 Å². The lowest BCUT2D eigenvalue weighted by Gasteiger charge is -2.40. The highest BCUT2D eigenvalue weighted by Crippen LogP contribution is 2.23. The lowest BCUT2D eigenvalue weighted by molar-refractivity contribution is -0.302. The number of hydrogen-bond acceptors (Lipinski definition) is 8. The molecule has 7 unspecified atom stereocenters. The Morgan fingerprint density at radius 3 is 0.990 bits per heavy atom. The van der Waals surface area contributed by atoms with Crippen LogP contribution < -0.4 is 5.32 Å². The van der Waals surface area contributed by atoms with E-state index in [0.29, 0.717) is 6.42 Å². The maximum absolute atomic E-state index is 13.2. The molecule has 9 heteroatoms. The summed E-state index contributed by atoms with van der Waals surface area (Å²) in [5.74, 6) is -0.194. The van der Waals surface area contributed by atoms with E-state index < -0.39 is 49.5 Å². The van der Waals surface area contributed by atoms with Crippen molar-refractivity contribution in [1.29, 1.82) is 0 Å². The van der Waals surface area contributed by atoms with Gasteiger partial charge in [-0.15, -0.1) is 0 Å². The summed E-state index contributed by atoms with van der Waals surface area (Å²) < 4.78 is 11.3. The molecular formula is C88H151NO8. The molecule has 1 saturated heterocycles. The number of allylic oxidation sites excluding steroid dienone is 23. The van der Waals surface area contributed by atoms with E-state index in [0.717, 1.165) is 103 Å². The maximum Gasteiger partial charge on any atom is 0.220 e. The van der Waals surface area contributed by atoms with Crippen molar-refractivity contribution < 1.29 is 39.8 Å². The molecule has 1 aliphatic rings. The standard InChI is InChI=1S/C88H151NO8/c1-3-5-7-9-11-13-15-17-19-21-23-25-27-29-31-33-35-37-38-39-40-41-42-43-44-46-48-50-52-54-56-58-60-62-64-66-68-70-72-74-76-78-84(92)89-81(80-96-88-87(95)86(94)85(93)83(79-90)97-88)82(91)77-75-73-71-69-67-65-63-61-59-57-55-53-51-49-47-45-36-34-32-30-28-26-24-22-20-18-16-14-12-10-8-6-4-2/h5,7,11,13,17,19,23,25,29,31,35,37,39-40,42-43,46,48,59,61,67,69,75,77,81-83,85-88,90-91,93-95H,3-4,6,8-10,12,14-16,18,20-22,24,26-28,30,32-34,36,38,41,44-45,47,49-58,60,62-66,68,70-74,76,78-80H2,1-2H3,(H,89,92)/b7-5-,13-11-,19-17-,25-23-,31-29-,37-35-,40-39-,43-42-,48-46-,61-59+,69-67+,77-75+. The van der Waals surface area contributed by atoms with Gasteiger partial charge in [0.15, 0.2) is 6.29 Å². The number of aliphatic hydroxyl groups is 5. The zero-order valence-corrected chi connectivity index (χ0v) is 62.5. The smallest absolute Gasteiger partial charge is 0.220 e. The number of carbonyl (C=O) groups excluding carboxylic acids is 1. The summed E-state index contributed by atoms with van der Waals surface area (Å²) in [6, 6.07) is -0.840. The normalized spacial score (nSPS) is 18.2. The Balaban J connectivity index is 2.12. The third-order valence-corrected chi connectivity index (χ3v) is 18.4. The van der Waals surface area contributed by atoms with Gasteiger partial charge in [0, 0.05) is 6.42 Å². The quantitative estimate of drug-likeness (QED) is 0.0261. The van der Waals surface area contributed by atoms with Crippen LogP contribution in [0, 0.1) is 0 Å². The molecule has 556 valence electrons. The predicted molar refractivity (Wildman–Crippen MR) is 419 cm³/mol. The van der Waals surface area contributed by atoms with Crippen molar-refractivity contribution in [2.75, 3.05) is 13.2 Å². The lowest BCUT2D eigenvalue weighted by Crippen LogP contribution is -2.60. The summed E-state index contributed by atoms with van der Waals surface area (Å²) in [5, 5.41) is 54.9. The Hall–Kier alpha value is -3.93. The predicted octanol–water partition coefficient (Wildman–Crippen LogP) is 23.6. The van der Waals surface area contributed by atoms with Gasteiger partial charge in [0.2, 0.25) is 5.91 Å². The Bertz CT molecular complexity index is 2060. The second-order valence-corrected chi connectivity index (χ2v) is 27.5. The molecule has 0 aromatic rings. The first-order chi connectivity index (χ1) is 47.8. The lowest BCUT2D eigenvalue weighted by atomic mass is 9.99. The van der Waals surface area contributed by atoms with Crippen molar-refractivity contribution in [3.63, 3.8) is 0 Å². The minimum atomic E-state index is -1.58. The van der Waals surface area contributed by atoms with E-state index in [4.69, 9.17) is 9.47 Å². The van der Waals surface area contributed by atoms with Crippen LogP contribution in [-0.4, -0.2) is 87.5 Å². The molecule has 1 heterocycles. The summed E-state index contributed by atoms with van der Waals surface area (Å²) in [4.78, 5) is 13.2. The Morgan fingerprint density at radius 1 is 0.361 bits per heavy atom. The van der Waals surface area contributed by atoms with E-state index in [-0.39, 0.29) is 12.5 Å². The summed E-state index contributed by atoms with van der Waals surface area (Å²) in [6.45, 7) is 3.67. The summed E-state index contributed by atoms with van der Waals surface area (Å²) >= 11 is 0. The minimum absolute atomic E-state index is 0.194. The molecule has 97 heavy (non-hydrogen) atoms. The highest BCUT2D eigenvalue weighted by Gasteiger charge is 2.44. The fourth-order valence-corrected chi connectivity index (χ4v) is 12.1. The third-order valence-electron chi connectivity index (χ3n) is 18.4. The monoisotopic (exact) mass is 1350 g/mol. The molecule has 1 amide bonds. The average molecular weight is 1350 g/mol. The second kappa shape index (κ2) is 74.8. The highest BCUT2D eigenvalue weighted by molar-refractivity contribution is 5.76. The van der Waals surface area contributed by atoms with Crippen LogP contribution in [0.4, 0.5) is 0 Å². The molecule has 0 aliphatic carbocycles. The maximum atomic E-state index is 13.2. The largest absolute Gasteiger partial charge is 0.394 e. The number of aliphatic hydroxyl groups excluding tert-OH is 5. The fraction of sp³-hybridized carbons (Fsp3) is 0.716. The van der Waals surface area contributed by atoms with Gasteiger partial charge >= 0.3 is 0 Å². The molecule has 0 aromatic carbocycles. The molecule has 0 aromatic heterocycles. The molecule has 0 saturated carbocycles. The number of carbonyl (C=O) groups is 1. The molecular weight excluding hydrogens is 1200 g/mol. The number of rotatable bonds is 70. The van der Waals surface area contributed by atoms with Gasteiger partial charge in [-0.3, -0.25) is 4.79 Å². The van der Waals surface area contributed by atoms with Gasteiger partial charge in [-0.05, 0) is 116 Å². The molecule has 1 fully saturated rings. The summed E-state index contributed by atoms with van der Waals surface area (Å²) in [5.41, 5.74) is 0. The molecule has 0 spiro atoms. The zero-order valence-electron chi connectivity index (χ0n) is 62.5. The van der Waals surface area contributed by atoms with Crippen molar-refractivity contribution in [3.05, 3.63) is 146 Å². The van der Waals surface area contributed by atoms with Gasteiger partial charge in [-0.1, -0.05) is 372 Å².